The number of halogens is 1. The summed E-state index contributed by atoms with van der Waals surface area (Å²) in [4.78, 5) is 7.35. The molecule has 2 aromatic rings. The second kappa shape index (κ2) is 12.1. The lowest BCUT2D eigenvalue weighted by Gasteiger charge is -2.33. The van der Waals surface area contributed by atoms with Gasteiger partial charge in [0, 0.05) is 32.2 Å². The maximum absolute atomic E-state index is 4.81. The van der Waals surface area contributed by atoms with Crippen molar-refractivity contribution in [3.63, 3.8) is 0 Å². The average molecular weight is 492 g/mol. The summed E-state index contributed by atoms with van der Waals surface area (Å²) >= 11 is 0. The molecule has 0 radical (unpaired) electrons. The Bertz CT molecular complexity index is 724. The average Bonchev–Trinajstić information content (AvgIpc) is 2.70. The number of likely N-dealkylation sites (tertiary alicyclic amines) is 1. The van der Waals surface area contributed by atoms with E-state index in [-0.39, 0.29) is 24.0 Å². The fourth-order valence-electron chi connectivity index (χ4n) is 3.54. The van der Waals surface area contributed by atoms with Gasteiger partial charge < -0.3 is 10.6 Å². The van der Waals surface area contributed by atoms with E-state index in [1.54, 1.807) is 0 Å². The number of guanidine groups is 1. The van der Waals surface area contributed by atoms with E-state index in [0.29, 0.717) is 6.04 Å². The van der Waals surface area contributed by atoms with Gasteiger partial charge in [0.1, 0.15) is 0 Å². The SMILES string of the molecule is CCNC(=NCc1ccccc1C)NC1CCN(Cc2ccccc2)CC1.I. The van der Waals surface area contributed by atoms with Crippen molar-refractivity contribution in [2.24, 2.45) is 4.99 Å². The fraction of sp³-hybridized carbons (Fsp3) is 0.435. The maximum atomic E-state index is 4.81. The summed E-state index contributed by atoms with van der Waals surface area (Å²) in [5.74, 6) is 0.933. The van der Waals surface area contributed by atoms with Crippen molar-refractivity contribution in [1.82, 2.24) is 15.5 Å². The molecule has 28 heavy (non-hydrogen) atoms. The lowest BCUT2D eigenvalue weighted by Crippen LogP contribution is -2.48. The van der Waals surface area contributed by atoms with Gasteiger partial charge in [-0.05, 0) is 43.4 Å². The number of aryl methyl sites for hydroxylation is 1. The van der Waals surface area contributed by atoms with Crippen LogP contribution in [0.1, 0.15) is 36.5 Å². The van der Waals surface area contributed by atoms with E-state index in [0.717, 1.165) is 51.5 Å². The Morgan fingerprint density at radius 1 is 1.04 bits per heavy atom. The Morgan fingerprint density at radius 3 is 2.39 bits per heavy atom. The zero-order valence-corrected chi connectivity index (χ0v) is 19.4. The van der Waals surface area contributed by atoms with Crippen molar-refractivity contribution < 1.29 is 0 Å². The quantitative estimate of drug-likeness (QED) is 0.358. The fourth-order valence-corrected chi connectivity index (χ4v) is 3.54. The Kier molecular flexibility index (Phi) is 9.78. The van der Waals surface area contributed by atoms with Crippen molar-refractivity contribution in [3.8, 4) is 0 Å². The molecule has 0 aliphatic carbocycles. The molecule has 0 spiro atoms. The number of benzene rings is 2. The number of nitrogens with one attached hydrogen (secondary N) is 2. The lowest BCUT2D eigenvalue weighted by atomic mass is 10.0. The highest BCUT2D eigenvalue weighted by atomic mass is 127. The van der Waals surface area contributed by atoms with Crippen LogP contribution in [-0.4, -0.2) is 36.5 Å². The van der Waals surface area contributed by atoms with Crippen molar-refractivity contribution in [3.05, 3.63) is 71.3 Å². The van der Waals surface area contributed by atoms with Crippen molar-refractivity contribution in [2.45, 2.75) is 45.8 Å². The first-order valence-electron chi connectivity index (χ1n) is 10.1. The first kappa shape index (κ1) is 22.7. The highest BCUT2D eigenvalue weighted by Crippen LogP contribution is 2.14. The van der Waals surface area contributed by atoms with Crippen molar-refractivity contribution in [1.29, 1.82) is 0 Å². The molecule has 3 rings (SSSR count). The molecule has 1 saturated heterocycles. The lowest BCUT2D eigenvalue weighted by molar-refractivity contribution is 0.198. The molecule has 4 nitrogen and oxygen atoms in total. The third kappa shape index (κ3) is 7.09. The Morgan fingerprint density at radius 2 is 1.71 bits per heavy atom. The van der Waals surface area contributed by atoms with E-state index >= 15 is 0 Å². The van der Waals surface area contributed by atoms with Gasteiger partial charge in [0.05, 0.1) is 6.54 Å². The second-order valence-electron chi connectivity index (χ2n) is 7.30. The van der Waals surface area contributed by atoms with Crippen LogP contribution in [0.2, 0.25) is 0 Å². The van der Waals surface area contributed by atoms with Gasteiger partial charge in [-0.2, -0.15) is 0 Å². The monoisotopic (exact) mass is 492 g/mol. The molecule has 1 heterocycles. The van der Waals surface area contributed by atoms with E-state index in [1.807, 2.05) is 0 Å². The highest BCUT2D eigenvalue weighted by Gasteiger charge is 2.20. The first-order chi connectivity index (χ1) is 13.2. The summed E-state index contributed by atoms with van der Waals surface area (Å²) in [7, 11) is 0. The number of nitrogens with zero attached hydrogens (tertiary/aromatic N) is 2. The van der Waals surface area contributed by atoms with Crippen molar-refractivity contribution in [2.75, 3.05) is 19.6 Å². The predicted molar refractivity (Wildman–Crippen MR) is 129 cm³/mol. The van der Waals surface area contributed by atoms with Crippen molar-refractivity contribution >= 4 is 29.9 Å². The standard InChI is InChI=1S/C23H32N4.HI/c1-3-24-23(25-17-21-12-8-7-9-19(21)2)26-22-13-15-27(16-14-22)18-20-10-5-4-6-11-20;/h4-12,22H,3,13-18H2,1-2H3,(H2,24,25,26);1H. The summed E-state index contributed by atoms with van der Waals surface area (Å²) < 4.78 is 0. The van der Waals surface area contributed by atoms with Gasteiger partial charge in [-0.15, -0.1) is 24.0 Å². The number of hydrogen-bond acceptors (Lipinski definition) is 2. The van der Waals surface area contributed by atoms with E-state index in [1.165, 1.54) is 16.7 Å². The largest absolute Gasteiger partial charge is 0.357 e. The molecular weight excluding hydrogens is 459 g/mol. The van der Waals surface area contributed by atoms with E-state index in [9.17, 15) is 0 Å². The van der Waals surface area contributed by atoms with Gasteiger partial charge in [-0.25, -0.2) is 4.99 Å². The van der Waals surface area contributed by atoms with Gasteiger partial charge in [-0.3, -0.25) is 4.90 Å². The number of aliphatic imine (C=N–C) groups is 1. The molecule has 0 unspecified atom stereocenters. The molecule has 2 aromatic carbocycles. The molecule has 1 aliphatic heterocycles. The highest BCUT2D eigenvalue weighted by molar-refractivity contribution is 14.0. The Hall–Kier alpha value is -1.60. The molecular formula is C23H33IN4. The summed E-state index contributed by atoms with van der Waals surface area (Å²) in [6.45, 7) is 9.17. The van der Waals surface area contributed by atoms with Gasteiger partial charge in [0.2, 0.25) is 0 Å². The summed E-state index contributed by atoms with van der Waals surface area (Å²) in [5, 5.41) is 7.04. The minimum absolute atomic E-state index is 0. The zero-order chi connectivity index (χ0) is 18.9. The van der Waals surface area contributed by atoms with E-state index in [2.05, 4.69) is 84.0 Å². The number of piperidine rings is 1. The third-order valence-corrected chi connectivity index (χ3v) is 5.19. The molecule has 2 N–H and O–H groups in total. The Labute approximate surface area is 186 Å². The predicted octanol–water partition coefficient (Wildman–Crippen LogP) is 4.33. The molecule has 0 amide bonds. The normalized spacial score (nSPS) is 15.7. The van der Waals surface area contributed by atoms with Crippen LogP contribution < -0.4 is 10.6 Å². The van der Waals surface area contributed by atoms with Crippen LogP contribution in [0, 0.1) is 6.92 Å². The van der Waals surface area contributed by atoms with Crippen LogP contribution in [-0.2, 0) is 13.1 Å². The van der Waals surface area contributed by atoms with E-state index in [4.69, 9.17) is 4.99 Å². The van der Waals surface area contributed by atoms with Gasteiger partial charge in [0.25, 0.3) is 0 Å². The van der Waals surface area contributed by atoms with Gasteiger partial charge >= 0.3 is 0 Å². The van der Waals surface area contributed by atoms with E-state index < -0.39 is 0 Å². The number of hydrogen-bond donors (Lipinski definition) is 2. The van der Waals surface area contributed by atoms with Crippen LogP contribution in [0.4, 0.5) is 0 Å². The van der Waals surface area contributed by atoms with Crippen LogP contribution in [0.25, 0.3) is 0 Å². The van der Waals surface area contributed by atoms with Crippen LogP contribution >= 0.6 is 24.0 Å². The molecule has 152 valence electrons. The smallest absolute Gasteiger partial charge is 0.191 e. The molecule has 0 atom stereocenters. The minimum atomic E-state index is 0. The van der Waals surface area contributed by atoms with Crippen LogP contribution in [0.3, 0.4) is 0 Å². The first-order valence-corrected chi connectivity index (χ1v) is 10.1. The summed E-state index contributed by atoms with van der Waals surface area (Å²) in [6, 6.07) is 19.7. The maximum Gasteiger partial charge on any atom is 0.191 e. The summed E-state index contributed by atoms with van der Waals surface area (Å²) in [6.07, 6.45) is 2.31. The topological polar surface area (TPSA) is 39.7 Å². The van der Waals surface area contributed by atoms with Gasteiger partial charge in [0.15, 0.2) is 5.96 Å². The Balaban J connectivity index is 0.00000280. The molecule has 5 heteroatoms. The molecule has 1 aliphatic rings. The molecule has 0 aromatic heterocycles. The third-order valence-electron chi connectivity index (χ3n) is 5.19. The molecule has 1 fully saturated rings. The molecule has 0 bridgehead atoms. The number of rotatable bonds is 6. The van der Waals surface area contributed by atoms with Crippen LogP contribution in [0.5, 0.6) is 0 Å². The minimum Gasteiger partial charge on any atom is -0.357 e. The summed E-state index contributed by atoms with van der Waals surface area (Å²) in [5.41, 5.74) is 3.98. The molecule has 0 saturated carbocycles. The van der Waals surface area contributed by atoms with Crippen LogP contribution in [0.15, 0.2) is 59.6 Å². The van der Waals surface area contributed by atoms with Gasteiger partial charge in [-0.1, -0.05) is 54.6 Å². The zero-order valence-electron chi connectivity index (χ0n) is 17.0. The second-order valence-corrected chi connectivity index (χ2v) is 7.30.